The molecule has 4 nitrogen and oxygen atoms in total. The van der Waals surface area contributed by atoms with E-state index in [-0.39, 0.29) is 11.8 Å². The van der Waals surface area contributed by atoms with Gasteiger partial charge in [-0.2, -0.15) is 0 Å². The number of carbonyl (C=O) groups is 2. The fourth-order valence-electron chi connectivity index (χ4n) is 2.37. The van der Waals surface area contributed by atoms with Crippen LogP contribution in [0.15, 0.2) is 36.4 Å². The summed E-state index contributed by atoms with van der Waals surface area (Å²) in [6.45, 7) is 6.47. The van der Waals surface area contributed by atoms with Crippen molar-refractivity contribution in [3.63, 3.8) is 0 Å². The maximum Gasteiger partial charge on any atom is 0.255 e. The number of rotatable bonds is 5. The van der Waals surface area contributed by atoms with E-state index in [0.29, 0.717) is 28.4 Å². The van der Waals surface area contributed by atoms with Crippen LogP contribution in [-0.2, 0) is 0 Å². The first kappa shape index (κ1) is 18.0. The number of nitrogens with one attached hydrogen (secondary N) is 2. The summed E-state index contributed by atoms with van der Waals surface area (Å²) in [5.74, 6) is -0.398. The van der Waals surface area contributed by atoms with E-state index < -0.39 is 0 Å². The van der Waals surface area contributed by atoms with Gasteiger partial charge in [0, 0.05) is 17.7 Å². The van der Waals surface area contributed by atoms with Crippen molar-refractivity contribution < 1.29 is 9.59 Å². The van der Waals surface area contributed by atoms with E-state index in [9.17, 15) is 9.59 Å². The molecule has 2 aromatic carbocycles. The zero-order chi connectivity index (χ0) is 17.7. The van der Waals surface area contributed by atoms with Gasteiger partial charge in [0.1, 0.15) is 0 Å². The Hall–Kier alpha value is -2.33. The minimum absolute atomic E-state index is 0.138. The van der Waals surface area contributed by atoms with Gasteiger partial charge in [-0.05, 0) is 61.7 Å². The first-order valence-electron chi connectivity index (χ1n) is 7.88. The molecule has 2 N–H and O–H groups in total. The minimum Gasteiger partial charge on any atom is -0.352 e. The molecule has 0 saturated carbocycles. The van der Waals surface area contributed by atoms with E-state index in [1.54, 1.807) is 24.3 Å². The van der Waals surface area contributed by atoms with Gasteiger partial charge >= 0.3 is 0 Å². The van der Waals surface area contributed by atoms with Gasteiger partial charge in [-0.3, -0.25) is 9.59 Å². The molecule has 0 spiro atoms. The van der Waals surface area contributed by atoms with Gasteiger partial charge in [0.05, 0.1) is 10.7 Å². The van der Waals surface area contributed by atoms with E-state index in [1.807, 2.05) is 32.9 Å². The molecule has 0 atom stereocenters. The van der Waals surface area contributed by atoms with Crippen LogP contribution < -0.4 is 10.6 Å². The van der Waals surface area contributed by atoms with Gasteiger partial charge in [0.15, 0.2) is 0 Å². The van der Waals surface area contributed by atoms with Crippen molar-refractivity contribution in [1.82, 2.24) is 5.32 Å². The van der Waals surface area contributed by atoms with Gasteiger partial charge in [-0.25, -0.2) is 0 Å². The third kappa shape index (κ3) is 4.36. The maximum atomic E-state index is 12.4. The first-order chi connectivity index (χ1) is 11.4. The van der Waals surface area contributed by atoms with E-state index in [0.717, 1.165) is 17.5 Å². The van der Waals surface area contributed by atoms with Crippen molar-refractivity contribution in [3.8, 4) is 0 Å². The van der Waals surface area contributed by atoms with Crippen molar-refractivity contribution in [1.29, 1.82) is 0 Å². The summed E-state index contributed by atoms with van der Waals surface area (Å²) in [7, 11) is 0. The molecule has 0 aliphatic rings. The number of benzene rings is 2. The number of hydrogen-bond acceptors (Lipinski definition) is 2. The lowest BCUT2D eigenvalue weighted by Gasteiger charge is -2.12. The number of aryl methyl sites for hydroxylation is 2. The predicted molar refractivity (Wildman–Crippen MR) is 97.9 cm³/mol. The Balaban J connectivity index is 2.12. The summed E-state index contributed by atoms with van der Waals surface area (Å²) >= 11 is 6.21. The molecule has 2 amide bonds. The van der Waals surface area contributed by atoms with Gasteiger partial charge in [-0.15, -0.1) is 0 Å². The second-order valence-corrected chi connectivity index (χ2v) is 6.13. The van der Waals surface area contributed by atoms with Crippen molar-refractivity contribution in [2.75, 3.05) is 11.9 Å². The lowest BCUT2D eigenvalue weighted by molar-refractivity contribution is 0.0951. The van der Waals surface area contributed by atoms with Crippen molar-refractivity contribution in [2.45, 2.75) is 27.2 Å². The molecule has 0 radical (unpaired) electrons. The molecule has 0 aliphatic carbocycles. The highest BCUT2D eigenvalue weighted by molar-refractivity contribution is 6.34. The molecule has 2 aromatic rings. The Kier molecular flexibility index (Phi) is 5.99. The number of hydrogen-bond donors (Lipinski definition) is 2. The number of halogens is 1. The molecular formula is C19H21ClN2O2. The van der Waals surface area contributed by atoms with Crippen LogP contribution >= 0.6 is 11.6 Å². The van der Waals surface area contributed by atoms with Crippen LogP contribution in [0.2, 0.25) is 5.02 Å². The topological polar surface area (TPSA) is 58.2 Å². The third-order valence-corrected chi connectivity index (χ3v) is 3.91. The molecular weight excluding hydrogens is 324 g/mol. The Morgan fingerprint density at radius 3 is 2.12 bits per heavy atom. The molecule has 126 valence electrons. The second kappa shape index (κ2) is 7.97. The molecule has 0 saturated heterocycles. The molecule has 5 heteroatoms. The molecule has 0 aromatic heterocycles. The lowest BCUT2D eigenvalue weighted by atomic mass is 10.1. The standard InChI is InChI=1S/C19H21ClN2O2/c1-4-9-21-18(23)14-5-7-15(8-6-14)19(24)22-17-13(3)10-12(2)11-16(17)20/h5-8,10-11H,4,9H2,1-3H3,(H,21,23)(H,22,24). The van der Waals surface area contributed by atoms with Crippen LogP contribution in [-0.4, -0.2) is 18.4 Å². The summed E-state index contributed by atoms with van der Waals surface area (Å²) in [5, 5.41) is 6.14. The zero-order valence-electron chi connectivity index (χ0n) is 14.1. The van der Waals surface area contributed by atoms with Crippen LogP contribution in [0.1, 0.15) is 45.2 Å². The van der Waals surface area contributed by atoms with Gasteiger partial charge in [0.2, 0.25) is 0 Å². The summed E-state index contributed by atoms with van der Waals surface area (Å²) < 4.78 is 0. The fourth-order valence-corrected chi connectivity index (χ4v) is 2.74. The minimum atomic E-state index is -0.260. The molecule has 24 heavy (non-hydrogen) atoms. The van der Waals surface area contributed by atoms with E-state index >= 15 is 0 Å². The monoisotopic (exact) mass is 344 g/mol. The largest absolute Gasteiger partial charge is 0.352 e. The van der Waals surface area contributed by atoms with Crippen molar-refractivity contribution in [3.05, 3.63) is 63.7 Å². The normalized spacial score (nSPS) is 10.3. The van der Waals surface area contributed by atoms with E-state index in [2.05, 4.69) is 10.6 Å². The first-order valence-corrected chi connectivity index (χ1v) is 8.26. The predicted octanol–water partition coefficient (Wildman–Crippen LogP) is 4.35. The van der Waals surface area contributed by atoms with Crippen molar-refractivity contribution >= 4 is 29.1 Å². The van der Waals surface area contributed by atoms with Crippen LogP contribution in [0.25, 0.3) is 0 Å². The summed E-state index contributed by atoms with van der Waals surface area (Å²) in [6.07, 6.45) is 0.878. The summed E-state index contributed by atoms with van der Waals surface area (Å²) in [4.78, 5) is 24.3. The van der Waals surface area contributed by atoms with Crippen molar-refractivity contribution in [2.24, 2.45) is 0 Å². The van der Waals surface area contributed by atoms with Crippen LogP contribution in [0.5, 0.6) is 0 Å². The molecule has 2 rings (SSSR count). The Morgan fingerprint density at radius 1 is 1.00 bits per heavy atom. The van der Waals surface area contributed by atoms with Crippen LogP contribution in [0.3, 0.4) is 0 Å². The number of anilines is 1. The van der Waals surface area contributed by atoms with Gasteiger partial charge in [0.25, 0.3) is 11.8 Å². The highest BCUT2D eigenvalue weighted by Crippen LogP contribution is 2.27. The molecule has 0 fully saturated rings. The van der Waals surface area contributed by atoms with Gasteiger partial charge in [-0.1, -0.05) is 24.6 Å². The van der Waals surface area contributed by atoms with E-state index in [4.69, 9.17) is 11.6 Å². The quantitative estimate of drug-likeness (QED) is 0.847. The average molecular weight is 345 g/mol. The Bertz CT molecular complexity index is 731. The SMILES string of the molecule is CCCNC(=O)c1ccc(C(=O)Nc2c(C)cc(C)cc2Cl)cc1. The highest BCUT2D eigenvalue weighted by Gasteiger charge is 2.12. The lowest BCUT2D eigenvalue weighted by Crippen LogP contribution is -2.24. The van der Waals surface area contributed by atoms with Gasteiger partial charge < -0.3 is 10.6 Å². The molecule has 0 bridgehead atoms. The molecule has 0 aliphatic heterocycles. The molecule has 0 heterocycles. The Labute approximate surface area is 147 Å². The highest BCUT2D eigenvalue weighted by atomic mass is 35.5. The number of carbonyl (C=O) groups excluding carboxylic acids is 2. The average Bonchev–Trinajstić information content (AvgIpc) is 2.55. The Morgan fingerprint density at radius 2 is 1.58 bits per heavy atom. The summed E-state index contributed by atoms with van der Waals surface area (Å²) in [5.41, 5.74) is 3.56. The number of amides is 2. The van der Waals surface area contributed by atoms with Crippen LogP contribution in [0, 0.1) is 13.8 Å². The molecule has 0 unspecified atom stereocenters. The fraction of sp³-hybridized carbons (Fsp3) is 0.263. The summed E-state index contributed by atoms with van der Waals surface area (Å²) in [6, 6.07) is 10.3. The second-order valence-electron chi connectivity index (χ2n) is 5.73. The van der Waals surface area contributed by atoms with Crippen LogP contribution in [0.4, 0.5) is 5.69 Å². The third-order valence-electron chi connectivity index (χ3n) is 3.62. The van der Waals surface area contributed by atoms with E-state index in [1.165, 1.54) is 0 Å². The maximum absolute atomic E-state index is 12.4. The smallest absolute Gasteiger partial charge is 0.255 e. The zero-order valence-corrected chi connectivity index (χ0v) is 14.8.